The van der Waals surface area contributed by atoms with Gasteiger partial charge in [-0.3, -0.25) is 9.10 Å². The maximum Gasteiger partial charge on any atom is 0.339 e. The van der Waals surface area contributed by atoms with Crippen molar-refractivity contribution in [2.45, 2.75) is 31.0 Å². The van der Waals surface area contributed by atoms with E-state index in [1.807, 2.05) is 19.1 Å². The molecule has 0 spiro atoms. The molecule has 0 radical (unpaired) electrons. The predicted octanol–water partition coefficient (Wildman–Crippen LogP) is 2.75. The lowest BCUT2D eigenvalue weighted by atomic mass is 10.1. The molecule has 34 heavy (non-hydrogen) atoms. The van der Waals surface area contributed by atoms with E-state index in [1.54, 1.807) is 36.4 Å². The molecule has 0 N–H and O–H groups in total. The molecule has 0 saturated heterocycles. The van der Waals surface area contributed by atoms with Gasteiger partial charge >= 0.3 is 5.97 Å². The number of esters is 1. The molecule has 0 unspecified atom stereocenters. The van der Waals surface area contributed by atoms with E-state index in [0.29, 0.717) is 23.0 Å². The van der Waals surface area contributed by atoms with E-state index in [2.05, 4.69) is 10.3 Å². The maximum atomic E-state index is 13.4. The van der Waals surface area contributed by atoms with Crippen LogP contribution in [-0.4, -0.2) is 35.4 Å². The van der Waals surface area contributed by atoms with Gasteiger partial charge in [0.25, 0.3) is 15.6 Å². The van der Waals surface area contributed by atoms with Crippen LogP contribution in [0.15, 0.2) is 82.5 Å². The lowest BCUT2D eigenvalue weighted by molar-refractivity contribution is 0.0336. The lowest BCUT2D eigenvalue weighted by Crippen LogP contribution is -2.35. The van der Waals surface area contributed by atoms with Gasteiger partial charge in [-0.1, -0.05) is 41.6 Å². The van der Waals surface area contributed by atoms with Crippen molar-refractivity contribution in [2.75, 3.05) is 4.31 Å². The van der Waals surface area contributed by atoms with Gasteiger partial charge in [0.2, 0.25) is 0 Å². The van der Waals surface area contributed by atoms with Gasteiger partial charge < -0.3 is 4.74 Å². The molecule has 0 aliphatic carbocycles. The monoisotopic (exact) mass is 476 g/mol. The van der Waals surface area contributed by atoms with Crippen LogP contribution in [0.3, 0.4) is 0 Å². The van der Waals surface area contributed by atoms with Gasteiger partial charge in [-0.15, -0.1) is 5.10 Å². The Balaban J connectivity index is 1.39. The van der Waals surface area contributed by atoms with Crippen LogP contribution in [0.5, 0.6) is 0 Å². The summed E-state index contributed by atoms with van der Waals surface area (Å²) < 4.78 is 34.4. The topological polar surface area (TPSA) is 111 Å². The molecule has 2 heterocycles. The summed E-state index contributed by atoms with van der Waals surface area (Å²) >= 11 is 0. The van der Waals surface area contributed by atoms with Crippen LogP contribution in [0.1, 0.15) is 22.8 Å². The third-order valence-corrected chi connectivity index (χ3v) is 7.64. The van der Waals surface area contributed by atoms with Crippen LogP contribution in [0.25, 0.3) is 10.9 Å². The second-order valence-electron chi connectivity index (χ2n) is 7.98. The van der Waals surface area contributed by atoms with E-state index in [9.17, 15) is 18.0 Å². The van der Waals surface area contributed by atoms with E-state index in [4.69, 9.17) is 4.74 Å². The summed E-state index contributed by atoms with van der Waals surface area (Å²) in [5.74, 6) is -0.784. The highest BCUT2D eigenvalue weighted by atomic mass is 32.2. The standard InChI is InChI=1S/C24H20N4O5S/c1-16-13-17-7-2-5-12-22(17)28(16)34(31,32)19-9-6-8-18(14-19)24(30)33-15-27-23(29)20-10-3-4-11-21(20)25-26-27/h2-12,14,16H,13,15H2,1H3/t16-/m1/s1. The number of fused-ring (bicyclic) bond motifs is 2. The summed E-state index contributed by atoms with van der Waals surface area (Å²) in [6, 6.07) is 19.5. The molecule has 5 rings (SSSR count). The Kier molecular flexibility index (Phi) is 5.37. The van der Waals surface area contributed by atoms with Crippen molar-refractivity contribution >= 4 is 32.6 Å². The summed E-state index contributed by atoms with van der Waals surface area (Å²) in [7, 11) is -3.91. The first-order valence-electron chi connectivity index (χ1n) is 10.6. The van der Waals surface area contributed by atoms with Crippen LogP contribution < -0.4 is 9.86 Å². The van der Waals surface area contributed by atoms with Gasteiger partial charge in [0.15, 0.2) is 6.73 Å². The number of rotatable bonds is 5. The predicted molar refractivity (Wildman–Crippen MR) is 125 cm³/mol. The molecule has 10 heteroatoms. The van der Waals surface area contributed by atoms with Gasteiger partial charge in [-0.2, -0.15) is 4.68 Å². The van der Waals surface area contributed by atoms with Crippen molar-refractivity contribution < 1.29 is 17.9 Å². The molecule has 3 aromatic carbocycles. The summed E-state index contributed by atoms with van der Waals surface area (Å²) in [5, 5.41) is 8.08. The van der Waals surface area contributed by atoms with Crippen molar-refractivity contribution in [3.05, 3.63) is 94.3 Å². The molecular weight excluding hydrogens is 456 g/mol. The molecule has 9 nitrogen and oxygen atoms in total. The number of para-hydroxylation sites is 1. The Morgan fingerprint density at radius 1 is 1.06 bits per heavy atom. The minimum Gasteiger partial charge on any atom is -0.439 e. The summed E-state index contributed by atoms with van der Waals surface area (Å²) in [5.41, 5.74) is 1.62. The van der Waals surface area contributed by atoms with E-state index in [1.165, 1.54) is 28.6 Å². The van der Waals surface area contributed by atoms with Gasteiger partial charge in [-0.25, -0.2) is 13.2 Å². The molecule has 0 saturated carbocycles. The van der Waals surface area contributed by atoms with E-state index in [-0.39, 0.29) is 16.5 Å². The van der Waals surface area contributed by atoms with Crippen molar-refractivity contribution in [3.8, 4) is 0 Å². The first kappa shape index (κ1) is 21.8. The second-order valence-corrected chi connectivity index (χ2v) is 9.80. The number of carbonyl (C=O) groups is 1. The minimum atomic E-state index is -3.91. The fourth-order valence-electron chi connectivity index (χ4n) is 4.11. The first-order valence-corrected chi connectivity index (χ1v) is 12.0. The Hall–Kier alpha value is -4.05. The number of carbonyl (C=O) groups excluding carboxylic acids is 1. The number of hydrogen-bond acceptors (Lipinski definition) is 7. The largest absolute Gasteiger partial charge is 0.439 e. The first-order chi connectivity index (χ1) is 16.4. The molecule has 1 aliphatic rings. The molecule has 172 valence electrons. The second kappa shape index (κ2) is 8.38. The van der Waals surface area contributed by atoms with Crippen molar-refractivity contribution in [3.63, 3.8) is 0 Å². The zero-order valence-corrected chi connectivity index (χ0v) is 19.0. The maximum absolute atomic E-state index is 13.4. The number of ether oxygens (including phenoxy) is 1. The van der Waals surface area contributed by atoms with Crippen LogP contribution in [0, 0.1) is 0 Å². The number of hydrogen-bond donors (Lipinski definition) is 0. The number of aromatic nitrogens is 3. The highest BCUT2D eigenvalue weighted by Gasteiger charge is 2.36. The summed E-state index contributed by atoms with van der Waals surface area (Å²) in [4.78, 5) is 25.2. The molecule has 0 bridgehead atoms. The zero-order chi connectivity index (χ0) is 23.9. The van der Waals surface area contributed by atoms with Gasteiger partial charge in [0.05, 0.1) is 21.5 Å². The number of sulfonamides is 1. The van der Waals surface area contributed by atoms with Gasteiger partial charge in [-0.05, 0) is 55.3 Å². The molecule has 4 aromatic rings. The highest BCUT2D eigenvalue weighted by Crippen LogP contribution is 2.36. The molecular formula is C24H20N4O5S. The Morgan fingerprint density at radius 3 is 2.68 bits per heavy atom. The smallest absolute Gasteiger partial charge is 0.339 e. The zero-order valence-electron chi connectivity index (χ0n) is 18.2. The van der Waals surface area contributed by atoms with Crippen LogP contribution in [0.2, 0.25) is 0 Å². The fourth-order valence-corrected chi connectivity index (χ4v) is 5.85. The number of anilines is 1. The molecule has 1 atom stereocenters. The van der Waals surface area contributed by atoms with E-state index < -0.39 is 28.3 Å². The molecule has 0 amide bonds. The Morgan fingerprint density at radius 2 is 1.82 bits per heavy atom. The quantitative estimate of drug-likeness (QED) is 0.407. The summed E-state index contributed by atoms with van der Waals surface area (Å²) in [6.45, 7) is 1.39. The third kappa shape index (κ3) is 3.71. The van der Waals surface area contributed by atoms with E-state index >= 15 is 0 Å². The van der Waals surface area contributed by atoms with Gasteiger partial charge in [0.1, 0.15) is 5.52 Å². The molecule has 1 aliphatic heterocycles. The van der Waals surface area contributed by atoms with Crippen molar-refractivity contribution in [2.24, 2.45) is 0 Å². The van der Waals surface area contributed by atoms with Gasteiger partial charge in [0, 0.05) is 6.04 Å². The van der Waals surface area contributed by atoms with Crippen LogP contribution in [0.4, 0.5) is 5.69 Å². The molecule has 0 fully saturated rings. The summed E-state index contributed by atoms with van der Waals surface area (Å²) in [6.07, 6.45) is 0.610. The number of nitrogens with zero attached hydrogens (tertiary/aromatic N) is 4. The highest BCUT2D eigenvalue weighted by molar-refractivity contribution is 7.92. The lowest BCUT2D eigenvalue weighted by Gasteiger charge is -2.24. The normalized spacial score (nSPS) is 15.3. The van der Waals surface area contributed by atoms with Crippen LogP contribution in [-0.2, 0) is 27.9 Å². The SMILES string of the molecule is C[C@@H]1Cc2ccccc2N1S(=O)(=O)c1cccc(C(=O)OCn2nnc3ccccc3c2=O)c1. The van der Waals surface area contributed by atoms with E-state index in [0.717, 1.165) is 10.2 Å². The minimum absolute atomic E-state index is 0.0202. The average Bonchev–Trinajstić information content (AvgIpc) is 3.20. The average molecular weight is 477 g/mol. The van der Waals surface area contributed by atoms with Crippen LogP contribution >= 0.6 is 0 Å². The van der Waals surface area contributed by atoms with Crippen molar-refractivity contribution in [1.82, 2.24) is 15.0 Å². The number of benzene rings is 3. The fraction of sp³-hybridized carbons (Fsp3) is 0.167. The molecule has 1 aromatic heterocycles. The Bertz CT molecular complexity index is 1580. The van der Waals surface area contributed by atoms with Crippen molar-refractivity contribution in [1.29, 1.82) is 0 Å². The third-order valence-electron chi connectivity index (χ3n) is 5.72. The Labute approximate surface area is 195 Å².